The Kier molecular flexibility index (Phi) is 4.39. The van der Waals surface area contributed by atoms with Gasteiger partial charge in [0.15, 0.2) is 0 Å². The van der Waals surface area contributed by atoms with Gasteiger partial charge in [0.2, 0.25) is 0 Å². The average molecular weight is 379 g/mol. The fourth-order valence-electron chi connectivity index (χ4n) is 2.64. The predicted octanol–water partition coefficient (Wildman–Crippen LogP) is 4.05. The summed E-state index contributed by atoms with van der Waals surface area (Å²) >= 11 is 11.9. The molecular formula is C18H16Cl2N2O3. The molecule has 2 aromatic carbocycles. The Balaban J connectivity index is 1.94. The second-order valence-corrected chi connectivity index (χ2v) is 6.89. The van der Waals surface area contributed by atoms with Gasteiger partial charge in [-0.1, -0.05) is 29.3 Å². The number of aryl methyl sites for hydroxylation is 1. The summed E-state index contributed by atoms with van der Waals surface area (Å²) in [5.74, 6) is -0.611. The van der Waals surface area contributed by atoms with E-state index in [2.05, 4.69) is 5.32 Å². The summed E-state index contributed by atoms with van der Waals surface area (Å²) < 4.78 is 5.78. The van der Waals surface area contributed by atoms with E-state index in [0.717, 1.165) is 5.56 Å². The largest absolute Gasteiger partial charge is 0.465 e. The Morgan fingerprint density at radius 3 is 2.60 bits per heavy atom. The van der Waals surface area contributed by atoms with Crippen molar-refractivity contribution in [3.05, 3.63) is 52.0 Å². The number of anilines is 2. The smallest absolute Gasteiger partial charge is 0.280 e. The molecule has 0 saturated carbocycles. The Bertz CT molecular complexity index is 885. The molecule has 130 valence electrons. The minimum Gasteiger partial charge on any atom is -0.465 e. The van der Waals surface area contributed by atoms with Crippen LogP contribution in [0.2, 0.25) is 10.0 Å². The van der Waals surface area contributed by atoms with E-state index >= 15 is 0 Å². The lowest BCUT2D eigenvalue weighted by atomic mass is 9.99. The molecule has 25 heavy (non-hydrogen) atoms. The van der Waals surface area contributed by atoms with Crippen molar-refractivity contribution in [3.8, 4) is 5.75 Å². The van der Waals surface area contributed by atoms with Crippen molar-refractivity contribution in [1.82, 2.24) is 0 Å². The summed E-state index contributed by atoms with van der Waals surface area (Å²) in [5.41, 5.74) is 0.258. The first-order valence-electron chi connectivity index (χ1n) is 7.56. The van der Waals surface area contributed by atoms with E-state index in [9.17, 15) is 9.59 Å². The quantitative estimate of drug-likeness (QED) is 0.801. The molecule has 0 saturated heterocycles. The van der Waals surface area contributed by atoms with Gasteiger partial charge in [0.05, 0.1) is 16.4 Å². The van der Waals surface area contributed by atoms with Crippen LogP contribution in [0.25, 0.3) is 0 Å². The van der Waals surface area contributed by atoms with E-state index in [1.165, 1.54) is 17.9 Å². The Morgan fingerprint density at radius 1 is 1.20 bits per heavy atom. The third-order valence-corrected chi connectivity index (χ3v) is 4.66. The average Bonchev–Trinajstić information content (AvgIpc) is 2.56. The molecule has 0 spiro atoms. The van der Waals surface area contributed by atoms with E-state index in [1.807, 2.05) is 19.1 Å². The molecule has 0 bridgehead atoms. The van der Waals surface area contributed by atoms with Gasteiger partial charge in [0, 0.05) is 12.1 Å². The van der Waals surface area contributed by atoms with Gasteiger partial charge in [-0.3, -0.25) is 9.59 Å². The summed E-state index contributed by atoms with van der Waals surface area (Å²) in [6.07, 6.45) is 0. The highest BCUT2D eigenvalue weighted by Crippen LogP contribution is 2.38. The molecule has 1 N–H and O–H groups in total. The van der Waals surface area contributed by atoms with E-state index in [-0.39, 0.29) is 5.02 Å². The predicted molar refractivity (Wildman–Crippen MR) is 98.7 cm³/mol. The maximum atomic E-state index is 12.8. The number of nitrogens with one attached hydrogen (secondary N) is 1. The first-order chi connectivity index (χ1) is 11.7. The highest BCUT2D eigenvalue weighted by molar-refractivity contribution is 6.37. The molecule has 5 nitrogen and oxygen atoms in total. The number of hydrogen-bond acceptors (Lipinski definition) is 3. The van der Waals surface area contributed by atoms with Gasteiger partial charge in [0.25, 0.3) is 17.4 Å². The number of carbonyl (C=O) groups is 2. The normalized spacial score (nSPS) is 19.2. The lowest BCUT2D eigenvalue weighted by molar-refractivity contribution is -0.144. The number of benzene rings is 2. The second kappa shape index (κ2) is 6.24. The topological polar surface area (TPSA) is 58.6 Å². The van der Waals surface area contributed by atoms with E-state index in [1.54, 1.807) is 25.2 Å². The zero-order valence-corrected chi connectivity index (χ0v) is 15.4. The van der Waals surface area contributed by atoms with E-state index < -0.39 is 17.4 Å². The van der Waals surface area contributed by atoms with Gasteiger partial charge in [-0.25, -0.2) is 0 Å². The number of amides is 2. The van der Waals surface area contributed by atoms with Crippen molar-refractivity contribution in [1.29, 1.82) is 0 Å². The van der Waals surface area contributed by atoms with Crippen molar-refractivity contribution in [2.45, 2.75) is 19.4 Å². The minimum absolute atomic E-state index is 0.275. The van der Waals surface area contributed by atoms with Gasteiger partial charge in [0.1, 0.15) is 5.75 Å². The maximum absolute atomic E-state index is 12.8. The lowest BCUT2D eigenvalue weighted by Crippen LogP contribution is -2.59. The fourth-order valence-corrected chi connectivity index (χ4v) is 3.10. The van der Waals surface area contributed by atoms with E-state index in [4.69, 9.17) is 27.9 Å². The summed E-state index contributed by atoms with van der Waals surface area (Å²) in [7, 11) is 1.62. The van der Waals surface area contributed by atoms with Gasteiger partial charge in [-0.05, 0) is 49.7 Å². The van der Waals surface area contributed by atoms with Gasteiger partial charge in [-0.15, -0.1) is 0 Å². The van der Waals surface area contributed by atoms with Crippen LogP contribution >= 0.6 is 23.2 Å². The van der Waals surface area contributed by atoms with Crippen LogP contribution in [0.1, 0.15) is 12.5 Å². The zero-order valence-electron chi connectivity index (χ0n) is 13.9. The number of halogens is 2. The van der Waals surface area contributed by atoms with Crippen molar-refractivity contribution in [2.24, 2.45) is 0 Å². The van der Waals surface area contributed by atoms with Crippen molar-refractivity contribution in [2.75, 3.05) is 17.3 Å². The molecule has 2 aromatic rings. The number of ether oxygens (including phenoxy) is 1. The highest BCUT2D eigenvalue weighted by Gasteiger charge is 2.49. The lowest BCUT2D eigenvalue weighted by Gasteiger charge is -2.38. The Labute approximate surface area is 155 Å². The van der Waals surface area contributed by atoms with Crippen LogP contribution in [-0.4, -0.2) is 24.5 Å². The molecular weight excluding hydrogens is 363 g/mol. The van der Waals surface area contributed by atoms with Crippen LogP contribution in [0.3, 0.4) is 0 Å². The molecule has 0 radical (unpaired) electrons. The molecule has 1 unspecified atom stereocenters. The van der Waals surface area contributed by atoms with Crippen LogP contribution < -0.4 is 15.0 Å². The second-order valence-electron chi connectivity index (χ2n) is 6.05. The van der Waals surface area contributed by atoms with Gasteiger partial charge >= 0.3 is 0 Å². The summed E-state index contributed by atoms with van der Waals surface area (Å²) in [6.45, 7) is 3.36. The van der Waals surface area contributed by atoms with Crippen molar-refractivity contribution in [3.63, 3.8) is 0 Å². The number of rotatable bonds is 2. The number of nitrogens with zero attached hydrogens (tertiary/aromatic N) is 1. The molecule has 3 rings (SSSR count). The van der Waals surface area contributed by atoms with E-state index in [0.29, 0.717) is 22.1 Å². The first kappa shape index (κ1) is 17.6. The van der Waals surface area contributed by atoms with Crippen LogP contribution in [0.15, 0.2) is 36.4 Å². The number of likely N-dealkylation sites (N-methyl/N-ethyl adjacent to an activating group) is 1. The monoisotopic (exact) mass is 378 g/mol. The molecule has 1 aliphatic heterocycles. The Hall–Kier alpha value is -2.24. The first-order valence-corrected chi connectivity index (χ1v) is 8.32. The maximum Gasteiger partial charge on any atom is 0.280 e. The molecule has 1 atom stereocenters. The van der Waals surface area contributed by atoms with Crippen molar-refractivity contribution >= 4 is 46.4 Å². The van der Waals surface area contributed by atoms with Crippen LogP contribution in [0, 0.1) is 6.92 Å². The molecule has 2 amide bonds. The molecule has 0 aromatic heterocycles. The number of carbonyl (C=O) groups excluding carboxylic acids is 2. The minimum atomic E-state index is -1.71. The SMILES string of the molecule is Cc1ccc2c(c1)N(C)C(=O)C(C)(C(=O)Nc1ccc(Cl)cc1Cl)O2. The molecule has 0 aliphatic carbocycles. The highest BCUT2D eigenvalue weighted by atomic mass is 35.5. The van der Waals surface area contributed by atoms with Crippen LogP contribution in [0.4, 0.5) is 11.4 Å². The van der Waals surface area contributed by atoms with Gasteiger partial charge < -0.3 is 15.0 Å². The van der Waals surface area contributed by atoms with Crippen LogP contribution in [0.5, 0.6) is 5.75 Å². The number of hydrogen-bond donors (Lipinski definition) is 1. The summed E-state index contributed by atoms with van der Waals surface area (Å²) in [6, 6.07) is 10.1. The molecule has 1 heterocycles. The zero-order chi connectivity index (χ0) is 18.4. The summed E-state index contributed by atoms with van der Waals surface area (Å²) in [4.78, 5) is 27.0. The third-order valence-electron chi connectivity index (χ3n) is 4.12. The molecule has 1 aliphatic rings. The summed E-state index contributed by atoms with van der Waals surface area (Å²) in [5, 5.41) is 3.36. The molecule has 7 heteroatoms. The Morgan fingerprint density at radius 2 is 1.92 bits per heavy atom. The third kappa shape index (κ3) is 3.05. The fraction of sp³-hybridized carbons (Fsp3) is 0.222. The standard InChI is InChI=1S/C18H16Cl2N2O3/c1-10-4-7-15-14(8-10)22(3)17(24)18(2,25-15)16(23)21-13-6-5-11(19)9-12(13)20/h4-9H,1-3H3,(H,21,23). The van der Waals surface area contributed by atoms with Crippen molar-refractivity contribution < 1.29 is 14.3 Å². The molecule has 0 fully saturated rings. The van der Waals surface area contributed by atoms with Gasteiger partial charge in [-0.2, -0.15) is 0 Å². The number of fused-ring (bicyclic) bond motifs is 1. The van der Waals surface area contributed by atoms with Crippen LogP contribution in [-0.2, 0) is 9.59 Å².